The molecule has 0 fully saturated rings. The molecular weight excluding hydrogens is 242 g/mol. The van der Waals surface area contributed by atoms with Gasteiger partial charge in [0.05, 0.1) is 6.61 Å². The lowest BCUT2D eigenvalue weighted by molar-refractivity contribution is 0.130. The molecule has 0 aliphatic carbocycles. The number of nitrogens with zero attached hydrogens (tertiary/aromatic N) is 1. The average molecular weight is 265 g/mol. The molecule has 0 saturated carbocycles. The first-order chi connectivity index (χ1) is 8.70. The van der Waals surface area contributed by atoms with E-state index >= 15 is 0 Å². The van der Waals surface area contributed by atoms with Gasteiger partial charge in [0.15, 0.2) is 0 Å². The number of thioether (sulfide) groups is 1. The fourth-order valence-corrected chi connectivity index (χ4v) is 3.73. The van der Waals surface area contributed by atoms with Crippen LogP contribution in [0.5, 0.6) is 0 Å². The highest BCUT2D eigenvalue weighted by Crippen LogP contribution is 2.37. The SMILES string of the molecule is COCCN(CC1Cc2ccccc2S1)C(C)C. The summed E-state index contributed by atoms with van der Waals surface area (Å²) in [6.07, 6.45) is 1.21. The molecule has 3 heteroatoms. The Morgan fingerprint density at radius 2 is 2.17 bits per heavy atom. The van der Waals surface area contributed by atoms with Gasteiger partial charge in [0.25, 0.3) is 0 Å². The van der Waals surface area contributed by atoms with Gasteiger partial charge in [0.2, 0.25) is 0 Å². The third-order valence-electron chi connectivity index (χ3n) is 3.46. The van der Waals surface area contributed by atoms with Crippen LogP contribution in [0.15, 0.2) is 29.2 Å². The molecule has 0 saturated heterocycles. The van der Waals surface area contributed by atoms with Crippen molar-refractivity contribution in [1.29, 1.82) is 0 Å². The molecular formula is C15H23NOS. The predicted molar refractivity (Wildman–Crippen MR) is 78.4 cm³/mol. The van der Waals surface area contributed by atoms with Crippen molar-refractivity contribution in [1.82, 2.24) is 4.90 Å². The van der Waals surface area contributed by atoms with E-state index in [2.05, 4.69) is 43.0 Å². The lowest BCUT2D eigenvalue weighted by Crippen LogP contribution is -2.38. The molecule has 18 heavy (non-hydrogen) atoms. The first-order valence-electron chi connectivity index (χ1n) is 6.68. The van der Waals surface area contributed by atoms with Gasteiger partial charge in [-0.15, -0.1) is 11.8 Å². The van der Waals surface area contributed by atoms with Gasteiger partial charge in [-0.3, -0.25) is 4.90 Å². The molecule has 100 valence electrons. The normalized spacial score (nSPS) is 18.6. The summed E-state index contributed by atoms with van der Waals surface area (Å²) in [7, 11) is 1.78. The quantitative estimate of drug-likeness (QED) is 0.784. The Morgan fingerprint density at radius 3 is 2.83 bits per heavy atom. The summed E-state index contributed by atoms with van der Waals surface area (Å²) in [5.41, 5.74) is 1.52. The zero-order valence-electron chi connectivity index (χ0n) is 11.6. The van der Waals surface area contributed by atoms with Crippen LogP contribution in [0.25, 0.3) is 0 Å². The third-order valence-corrected chi connectivity index (χ3v) is 4.77. The maximum Gasteiger partial charge on any atom is 0.0589 e. The van der Waals surface area contributed by atoms with Crippen molar-refractivity contribution in [3.05, 3.63) is 29.8 Å². The van der Waals surface area contributed by atoms with Crippen molar-refractivity contribution in [3.63, 3.8) is 0 Å². The summed E-state index contributed by atoms with van der Waals surface area (Å²) in [4.78, 5) is 3.99. The molecule has 0 spiro atoms. The second-order valence-electron chi connectivity index (χ2n) is 5.13. The number of rotatable bonds is 6. The summed E-state index contributed by atoms with van der Waals surface area (Å²) in [5, 5.41) is 0.696. The van der Waals surface area contributed by atoms with Gasteiger partial charge in [-0.1, -0.05) is 18.2 Å². The topological polar surface area (TPSA) is 12.5 Å². The van der Waals surface area contributed by atoms with E-state index in [0.717, 1.165) is 19.7 Å². The number of ether oxygens (including phenoxy) is 1. The minimum Gasteiger partial charge on any atom is -0.383 e. The van der Waals surface area contributed by atoms with E-state index in [1.54, 1.807) is 7.11 Å². The van der Waals surface area contributed by atoms with Crippen molar-refractivity contribution >= 4 is 11.8 Å². The van der Waals surface area contributed by atoms with Crippen LogP contribution >= 0.6 is 11.8 Å². The Kier molecular flexibility index (Phi) is 5.10. The fraction of sp³-hybridized carbons (Fsp3) is 0.600. The van der Waals surface area contributed by atoms with Gasteiger partial charge >= 0.3 is 0 Å². The van der Waals surface area contributed by atoms with Crippen molar-refractivity contribution in [3.8, 4) is 0 Å². The van der Waals surface area contributed by atoms with Crippen LogP contribution in [0.4, 0.5) is 0 Å². The van der Waals surface area contributed by atoms with Gasteiger partial charge in [0, 0.05) is 36.4 Å². The molecule has 0 aromatic heterocycles. The third kappa shape index (κ3) is 3.50. The van der Waals surface area contributed by atoms with Crippen LogP contribution in [0.2, 0.25) is 0 Å². The van der Waals surface area contributed by atoms with E-state index in [4.69, 9.17) is 4.74 Å². The summed E-state index contributed by atoms with van der Waals surface area (Å²) in [6, 6.07) is 9.38. The molecule has 1 aliphatic rings. The highest BCUT2D eigenvalue weighted by molar-refractivity contribution is 8.00. The Hall–Kier alpha value is -0.510. The first kappa shape index (κ1) is 13.9. The van der Waals surface area contributed by atoms with Crippen molar-refractivity contribution in [2.45, 2.75) is 36.5 Å². The second-order valence-corrected chi connectivity index (χ2v) is 6.48. The Balaban J connectivity index is 1.90. The molecule has 0 bridgehead atoms. The number of hydrogen-bond donors (Lipinski definition) is 0. The van der Waals surface area contributed by atoms with Crippen molar-refractivity contribution in [2.75, 3.05) is 26.8 Å². The summed E-state index contributed by atoms with van der Waals surface area (Å²) < 4.78 is 5.20. The van der Waals surface area contributed by atoms with Gasteiger partial charge in [-0.25, -0.2) is 0 Å². The van der Waals surface area contributed by atoms with E-state index in [9.17, 15) is 0 Å². The molecule has 1 aromatic carbocycles. The number of methoxy groups -OCH3 is 1. The van der Waals surface area contributed by atoms with Crippen LogP contribution < -0.4 is 0 Å². The highest BCUT2D eigenvalue weighted by atomic mass is 32.2. The van der Waals surface area contributed by atoms with E-state index < -0.39 is 0 Å². The number of hydrogen-bond acceptors (Lipinski definition) is 3. The van der Waals surface area contributed by atoms with Gasteiger partial charge in [-0.05, 0) is 31.9 Å². The van der Waals surface area contributed by atoms with Crippen LogP contribution in [0.1, 0.15) is 19.4 Å². The lowest BCUT2D eigenvalue weighted by Gasteiger charge is -2.28. The average Bonchev–Trinajstić information content (AvgIpc) is 2.76. The van der Waals surface area contributed by atoms with Crippen LogP contribution in [-0.2, 0) is 11.2 Å². The van der Waals surface area contributed by atoms with E-state index in [1.807, 2.05) is 11.8 Å². The highest BCUT2D eigenvalue weighted by Gasteiger charge is 2.24. The first-order valence-corrected chi connectivity index (χ1v) is 7.56. The predicted octanol–water partition coefficient (Wildman–Crippen LogP) is 3.06. The fourth-order valence-electron chi connectivity index (χ4n) is 2.39. The van der Waals surface area contributed by atoms with E-state index in [0.29, 0.717) is 11.3 Å². The summed E-state index contributed by atoms with van der Waals surface area (Å²) >= 11 is 2.03. The maximum absolute atomic E-state index is 5.20. The van der Waals surface area contributed by atoms with Gasteiger partial charge in [-0.2, -0.15) is 0 Å². The molecule has 2 rings (SSSR count). The molecule has 0 amide bonds. The van der Waals surface area contributed by atoms with Crippen LogP contribution in [0.3, 0.4) is 0 Å². The van der Waals surface area contributed by atoms with Gasteiger partial charge in [0.1, 0.15) is 0 Å². The lowest BCUT2D eigenvalue weighted by atomic mass is 10.1. The standard InChI is InChI=1S/C15H23NOS/c1-12(2)16(8-9-17-3)11-14-10-13-6-4-5-7-15(13)18-14/h4-7,12,14H,8-11H2,1-3H3. The van der Waals surface area contributed by atoms with E-state index in [1.165, 1.54) is 16.9 Å². The zero-order valence-corrected chi connectivity index (χ0v) is 12.4. The molecule has 1 aliphatic heterocycles. The van der Waals surface area contributed by atoms with E-state index in [-0.39, 0.29) is 0 Å². The van der Waals surface area contributed by atoms with Crippen LogP contribution in [-0.4, -0.2) is 43.0 Å². The molecule has 0 N–H and O–H groups in total. The Labute approximate surface area is 115 Å². The molecule has 1 unspecified atom stereocenters. The second kappa shape index (κ2) is 6.60. The van der Waals surface area contributed by atoms with Crippen molar-refractivity contribution < 1.29 is 4.74 Å². The molecule has 0 radical (unpaired) electrons. The van der Waals surface area contributed by atoms with Crippen molar-refractivity contribution in [2.24, 2.45) is 0 Å². The monoisotopic (exact) mass is 265 g/mol. The molecule has 1 heterocycles. The largest absolute Gasteiger partial charge is 0.383 e. The molecule has 1 aromatic rings. The minimum atomic E-state index is 0.587. The molecule has 2 nitrogen and oxygen atoms in total. The number of fused-ring (bicyclic) bond motifs is 1. The zero-order chi connectivity index (χ0) is 13.0. The smallest absolute Gasteiger partial charge is 0.0589 e. The van der Waals surface area contributed by atoms with Crippen LogP contribution in [0, 0.1) is 0 Å². The van der Waals surface area contributed by atoms with Gasteiger partial charge < -0.3 is 4.74 Å². The Bertz CT molecular complexity index is 356. The number of benzene rings is 1. The maximum atomic E-state index is 5.20. The summed E-state index contributed by atoms with van der Waals surface area (Å²) in [6.45, 7) is 7.54. The summed E-state index contributed by atoms with van der Waals surface area (Å²) in [5.74, 6) is 0. The Morgan fingerprint density at radius 1 is 1.39 bits per heavy atom. The molecule has 1 atom stereocenters. The minimum absolute atomic E-state index is 0.587.